The Morgan fingerprint density at radius 3 is 1.29 bits per heavy atom. The molecular weight excluding hydrogens is 312 g/mol. The van der Waals surface area contributed by atoms with Gasteiger partial charge in [-0.25, -0.2) is 0 Å². The number of primary amides is 3. The molecule has 0 rings (SSSR count). The number of hydrogen-bond donors (Lipinski definition) is 3. The van der Waals surface area contributed by atoms with Gasteiger partial charge in [0.25, 0.3) is 0 Å². The number of nitriles is 3. The molecule has 9 heteroatoms. The molecule has 2 unspecified atom stereocenters. The van der Waals surface area contributed by atoms with Crippen molar-refractivity contribution >= 4 is 17.7 Å². The first-order valence-corrected chi connectivity index (χ1v) is 7.33. The van der Waals surface area contributed by atoms with E-state index in [0.29, 0.717) is 12.8 Å². The number of nitrogens with two attached hydrogens (primary N) is 3. The summed E-state index contributed by atoms with van der Waals surface area (Å²) in [6.07, 6.45) is 3.88. The molecule has 9 nitrogen and oxygen atoms in total. The van der Waals surface area contributed by atoms with Crippen molar-refractivity contribution in [1.29, 1.82) is 15.8 Å². The molecule has 0 saturated carbocycles. The molecule has 0 aliphatic carbocycles. The number of amides is 3. The average molecular weight is 334 g/mol. The molecule has 0 spiro atoms. The number of hydrogen-bond acceptors (Lipinski definition) is 6. The number of rotatable bonds is 10. The Balaban J connectivity index is 0. The summed E-state index contributed by atoms with van der Waals surface area (Å²) in [6.45, 7) is 0. The topological polar surface area (TPSA) is 201 Å². The fraction of sp³-hybridized carbons (Fsp3) is 0.600. The lowest BCUT2D eigenvalue weighted by Crippen LogP contribution is -2.22. The van der Waals surface area contributed by atoms with E-state index in [9.17, 15) is 14.4 Å². The summed E-state index contributed by atoms with van der Waals surface area (Å²) < 4.78 is 0. The van der Waals surface area contributed by atoms with Gasteiger partial charge in [-0.2, -0.15) is 15.8 Å². The molecule has 6 N–H and O–H groups in total. The Kier molecular flexibility index (Phi) is 14.3. The molecule has 0 saturated heterocycles. The minimum Gasteiger partial charge on any atom is -0.369 e. The van der Waals surface area contributed by atoms with Gasteiger partial charge in [0.2, 0.25) is 17.7 Å². The smallest absolute Gasteiger partial charge is 0.234 e. The van der Waals surface area contributed by atoms with Crippen molar-refractivity contribution in [3.8, 4) is 18.2 Å². The maximum atomic E-state index is 10.8. The molecule has 24 heavy (non-hydrogen) atoms. The highest BCUT2D eigenvalue weighted by molar-refractivity contribution is 5.79. The zero-order valence-electron chi connectivity index (χ0n) is 13.4. The third-order valence-electron chi connectivity index (χ3n) is 2.99. The van der Waals surface area contributed by atoms with E-state index in [2.05, 4.69) is 5.73 Å². The summed E-state index contributed by atoms with van der Waals surface area (Å²) in [5.41, 5.74) is 14.6. The molecule has 0 radical (unpaired) electrons. The van der Waals surface area contributed by atoms with Crippen molar-refractivity contribution in [3.63, 3.8) is 0 Å². The third-order valence-corrected chi connectivity index (χ3v) is 2.99. The maximum Gasteiger partial charge on any atom is 0.234 e. The summed E-state index contributed by atoms with van der Waals surface area (Å²) in [4.78, 5) is 31.1. The van der Waals surface area contributed by atoms with Gasteiger partial charge in [-0.05, 0) is 12.8 Å². The minimum absolute atomic E-state index is 0.181. The monoisotopic (exact) mass is 334 g/mol. The number of carbonyl (C=O) groups is 3. The van der Waals surface area contributed by atoms with Crippen LogP contribution in [0.3, 0.4) is 0 Å². The Morgan fingerprint density at radius 1 is 0.750 bits per heavy atom. The van der Waals surface area contributed by atoms with Crippen molar-refractivity contribution in [3.05, 3.63) is 0 Å². The van der Waals surface area contributed by atoms with Crippen molar-refractivity contribution in [2.75, 3.05) is 0 Å². The second-order valence-corrected chi connectivity index (χ2v) is 4.96. The Bertz CT molecular complexity index is 505. The van der Waals surface area contributed by atoms with E-state index in [1.54, 1.807) is 6.07 Å². The summed E-state index contributed by atoms with van der Waals surface area (Å²) >= 11 is 0. The Morgan fingerprint density at radius 2 is 1.12 bits per heavy atom. The van der Waals surface area contributed by atoms with E-state index < -0.39 is 29.6 Å². The molecule has 0 aromatic rings. The van der Waals surface area contributed by atoms with Crippen LogP contribution in [0.4, 0.5) is 0 Å². The molecule has 2 atom stereocenters. The summed E-state index contributed by atoms with van der Waals surface area (Å²) in [5, 5.41) is 24.9. The summed E-state index contributed by atoms with van der Waals surface area (Å²) in [6, 6.07) is 5.30. The highest BCUT2D eigenvalue weighted by Gasteiger charge is 2.14. The molecule has 0 aromatic carbocycles. The molecule has 0 aliphatic heterocycles. The van der Waals surface area contributed by atoms with E-state index in [1.807, 2.05) is 12.1 Å². The minimum atomic E-state index is -0.720. The fourth-order valence-electron chi connectivity index (χ4n) is 1.67. The van der Waals surface area contributed by atoms with Crippen LogP contribution >= 0.6 is 0 Å². The van der Waals surface area contributed by atoms with E-state index in [-0.39, 0.29) is 6.42 Å². The first kappa shape index (κ1) is 23.2. The van der Waals surface area contributed by atoms with E-state index in [0.717, 1.165) is 25.7 Å². The van der Waals surface area contributed by atoms with Crippen LogP contribution in [-0.4, -0.2) is 17.7 Å². The van der Waals surface area contributed by atoms with Crippen molar-refractivity contribution in [2.45, 2.75) is 44.9 Å². The summed E-state index contributed by atoms with van der Waals surface area (Å²) in [7, 11) is 0. The first-order chi connectivity index (χ1) is 11.3. The second-order valence-electron chi connectivity index (χ2n) is 4.96. The molecule has 0 bridgehead atoms. The zero-order valence-corrected chi connectivity index (χ0v) is 13.4. The normalized spacial score (nSPS) is 11.4. The SMILES string of the molecule is N#CC(CCCCCCC(C#N)C(N)=O)C(N)=O.N#CCC(N)=O. The highest BCUT2D eigenvalue weighted by atomic mass is 16.2. The van der Waals surface area contributed by atoms with Gasteiger partial charge < -0.3 is 17.2 Å². The van der Waals surface area contributed by atoms with Gasteiger partial charge in [0.05, 0.1) is 18.2 Å². The van der Waals surface area contributed by atoms with Gasteiger partial charge in [-0.15, -0.1) is 0 Å². The van der Waals surface area contributed by atoms with Gasteiger partial charge in [0.15, 0.2) is 0 Å². The largest absolute Gasteiger partial charge is 0.369 e. The predicted molar refractivity (Wildman–Crippen MR) is 83.7 cm³/mol. The third kappa shape index (κ3) is 13.8. The van der Waals surface area contributed by atoms with Crippen molar-refractivity contribution < 1.29 is 14.4 Å². The standard InChI is InChI=1S/C12H18N4O2.C3H4N2O/c13-7-9(11(15)17)5-3-1-2-4-6-10(8-14)12(16)18;4-2-1-3(5)6/h9-10H,1-6H2,(H2,15,17)(H2,16,18);1H2,(H2,5,6). The van der Waals surface area contributed by atoms with Gasteiger partial charge >= 0.3 is 0 Å². The number of carbonyl (C=O) groups excluding carboxylic acids is 3. The predicted octanol–water partition coefficient (Wildman–Crippen LogP) is -0.0375. The molecule has 0 fully saturated rings. The molecule has 130 valence electrons. The Labute approximate surface area is 141 Å². The average Bonchev–Trinajstić information content (AvgIpc) is 2.50. The first-order valence-electron chi connectivity index (χ1n) is 7.33. The maximum absolute atomic E-state index is 10.8. The molecule has 3 amide bonds. The lowest BCUT2D eigenvalue weighted by Gasteiger charge is -2.06. The van der Waals surface area contributed by atoms with Crippen molar-refractivity contribution in [2.24, 2.45) is 29.0 Å². The molecular formula is C15H22N6O3. The van der Waals surface area contributed by atoms with E-state index >= 15 is 0 Å². The van der Waals surface area contributed by atoms with Crippen LogP contribution in [0.15, 0.2) is 0 Å². The second kappa shape index (κ2) is 14.8. The van der Waals surface area contributed by atoms with Gasteiger partial charge in [0.1, 0.15) is 18.3 Å². The van der Waals surface area contributed by atoms with E-state index in [1.165, 1.54) is 0 Å². The van der Waals surface area contributed by atoms with Gasteiger partial charge in [-0.3, -0.25) is 14.4 Å². The quantitative estimate of drug-likeness (QED) is 0.467. The molecule has 0 aliphatic rings. The van der Waals surface area contributed by atoms with Crippen LogP contribution in [0, 0.1) is 45.8 Å². The van der Waals surface area contributed by atoms with Crippen LogP contribution in [0.5, 0.6) is 0 Å². The van der Waals surface area contributed by atoms with Crippen molar-refractivity contribution in [1.82, 2.24) is 0 Å². The summed E-state index contributed by atoms with van der Waals surface area (Å²) in [5.74, 6) is -3.19. The lowest BCUT2D eigenvalue weighted by molar-refractivity contribution is -0.121. The molecule has 0 aromatic heterocycles. The highest BCUT2D eigenvalue weighted by Crippen LogP contribution is 2.13. The van der Waals surface area contributed by atoms with E-state index in [4.69, 9.17) is 27.3 Å². The van der Waals surface area contributed by atoms with Crippen LogP contribution in [-0.2, 0) is 14.4 Å². The fourth-order valence-corrected chi connectivity index (χ4v) is 1.67. The number of nitrogens with zero attached hydrogens (tertiary/aromatic N) is 3. The van der Waals surface area contributed by atoms with Gasteiger partial charge in [-0.1, -0.05) is 25.7 Å². The van der Waals surface area contributed by atoms with Crippen LogP contribution in [0.2, 0.25) is 0 Å². The van der Waals surface area contributed by atoms with Crippen LogP contribution < -0.4 is 17.2 Å². The number of unbranched alkanes of at least 4 members (excludes halogenated alkanes) is 3. The van der Waals surface area contributed by atoms with Crippen LogP contribution in [0.25, 0.3) is 0 Å². The lowest BCUT2D eigenvalue weighted by atomic mass is 9.98. The Hall–Kier alpha value is -3.12. The molecule has 0 heterocycles. The zero-order chi connectivity index (χ0) is 19.0. The van der Waals surface area contributed by atoms with Crippen LogP contribution in [0.1, 0.15) is 44.9 Å². The van der Waals surface area contributed by atoms with Gasteiger partial charge in [0, 0.05) is 0 Å².